The van der Waals surface area contributed by atoms with Gasteiger partial charge in [-0.15, -0.1) is 24.0 Å². The molecule has 1 aliphatic carbocycles. The van der Waals surface area contributed by atoms with E-state index in [0.717, 1.165) is 31.5 Å². The van der Waals surface area contributed by atoms with Crippen molar-refractivity contribution < 1.29 is 0 Å². The third-order valence-electron chi connectivity index (χ3n) is 3.80. The number of hydrogen-bond donors (Lipinski definition) is 1. The van der Waals surface area contributed by atoms with Crippen LogP contribution in [0.25, 0.3) is 0 Å². The van der Waals surface area contributed by atoms with Crippen molar-refractivity contribution in [1.29, 1.82) is 0 Å². The second kappa shape index (κ2) is 10.7. The average Bonchev–Trinajstić information content (AvgIpc) is 3.19. The molecular formula is C15H33IN4. The fourth-order valence-corrected chi connectivity index (χ4v) is 2.37. The highest BCUT2D eigenvalue weighted by molar-refractivity contribution is 14.0. The summed E-state index contributed by atoms with van der Waals surface area (Å²) in [7, 11) is 6.48. The lowest BCUT2D eigenvalue weighted by atomic mass is 10.2. The third-order valence-corrected chi connectivity index (χ3v) is 3.80. The quantitative estimate of drug-likeness (QED) is 0.389. The molecule has 0 aliphatic heterocycles. The van der Waals surface area contributed by atoms with Gasteiger partial charge >= 0.3 is 0 Å². The Morgan fingerprint density at radius 1 is 1.25 bits per heavy atom. The maximum atomic E-state index is 4.84. The molecule has 0 saturated heterocycles. The molecule has 1 atom stereocenters. The molecule has 1 unspecified atom stereocenters. The van der Waals surface area contributed by atoms with Crippen LogP contribution in [0.15, 0.2) is 4.99 Å². The molecule has 1 aliphatic rings. The lowest BCUT2D eigenvalue weighted by Gasteiger charge is -2.25. The monoisotopic (exact) mass is 396 g/mol. The first-order valence-corrected chi connectivity index (χ1v) is 7.76. The van der Waals surface area contributed by atoms with Crippen LogP contribution in [-0.2, 0) is 0 Å². The van der Waals surface area contributed by atoms with E-state index >= 15 is 0 Å². The van der Waals surface area contributed by atoms with Crippen LogP contribution in [0.5, 0.6) is 0 Å². The predicted molar refractivity (Wildman–Crippen MR) is 99.1 cm³/mol. The van der Waals surface area contributed by atoms with E-state index in [1.165, 1.54) is 25.7 Å². The van der Waals surface area contributed by atoms with E-state index in [4.69, 9.17) is 4.99 Å². The van der Waals surface area contributed by atoms with Gasteiger partial charge in [0.05, 0.1) is 6.54 Å². The Hall–Kier alpha value is -0.0400. The van der Waals surface area contributed by atoms with Gasteiger partial charge in [0.15, 0.2) is 5.96 Å². The molecule has 1 rings (SSSR count). The van der Waals surface area contributed by atoms with Crippen molar-refractivity contribution in [2.45, 2.75) is 45.6 Å². The lowest BCUT2D eigenvalue weighted by Crippen LogP contribution is -2.41. The van der Waals surface area contributed by atoms with Crippen LogP contribution in [0.2, 0.25) is 0 Å². The zero-order chi connectivity index (χ0) is 14.3. The molecule has 1 N–H and O–H groups in total. The van der Waals surface area contributed by atoms with Gasteiger partial charge in [0.25, 0.3) is 0 Å². The van der Waals surface area contributed by atoms with Crippen molar-refractivity contribution in [1.82, 2.24) is 15.1 Å². The summed E-state index contributed by atoms with van der Waals surface area (Å²) in [5.41, 5.74) is 0. The smallest absolute Gasteiger partial charge is 0.193 e. The Morgan fingerprint density at radius 2 is 1.90 bits per heavy atom. The summed E-state index contributed by atoms with van der Waals surface area (Å²) in [4.78, 5) is 9.43. The summed E-state index contributed by atoms with van der Waals surface area (Å²) in [5.74, 6) is 1.92. The number of aliphatic imine (C=N–C) groups is 1. The fourth-order valence-electron chi connectivity index (χ4n) is 2.37. The largest absolute Gasteiger partial charge is 0.357 e. The van der Waals surface area contributed by atoms with Gasteiger partial charge in [-0.25, -0.2) is 0 Å². The summed E-state index contributed by atoms with van der Waals surface area (Å²) in [6, 6.07) is 0.605. The lowest BCUT2D eigenvalue weighted by molar-refractivity contribution is 0.270. The molecular weight excluding hydrogens is 363 g/mol. The topological polar surface area (TPSA) is 30.9 Å². The van der Waals surface area contributed by atoms with Crippen molar-refractivity contribution in [2.75, 3.05) is 40.8 Å². The molecule has 0 aromatic heterocycles. The van der Waals surface area contributed by atoms with Gasteiger partial charge in [0.1, 0.15) is 0 Å². The van der Waals surface area contributed by atoms with Gasteiger partial charge in [-0.3, -0.25) is 4.99 Å². The maximum Gasteiger partial charge on any atom is 0.193 e. The van der Waals surface area contributed by atoms with E-state index in [9.17, 15) is 0 Å². The maximum absolute atomic E-state index is 4.84. The van der Waals surface area contributed by atoms with Crippen LogP contribution in [0.1, 0.15) is 39.5 Å². The van der Waals surface area contributed by atoms with Crippen molar-refractivity contribution in [3.8, 4) is 0 Å². The first-order chi connectivity index (χ1) is 9.10. The standard InChI is InChI=1S/C15H32N4.HI/c1-6-8-11-19(5)15(16-7-2)17-12-14(18(3)4)13-9-10-13;/h13-14H,6-12H2,1-5H3,(H,16,17);1H. The third kappa shape index (κ3) is 7.11. The van der Waals surface area contributed by atoms with E-state index in [1.54, 1.807) is 0 Å². The molecule has 0 amide bonds. The van der Waals surface area contributed by atoms with E-state index in [1.807, 2.05) is 0 Å². The Morgan fingerprint density at radius 3 is 2.35 bits per heavy atom. The number of guanidine groups is 1. The SMILES string of the molecule is CCCCN(C)C(=NCC(C1CC1)N(C)C)NCC.I. The number of likely N-dealkylation sites (N-methyl/N-ethyl adjacent to an activating group) is 1. The second-order valence-corrected chi connectivity index (χ2v) is 5.84. The minimum atomic E-state index is 0. The second-order valence-electron chi connectivity index (χ2n) is 5.84. The first-order valence-electron chi connectivity index (χ1n) is 7.76. The number of halogens is 1. The van der Waals surface area contributed by atoms with Crippen LogP contribution in [-0.4, -0.2) is 62.6 Å². The fraction of sp³-hybridized carbons (Fsp3) is 0.933. The molecule has 0 heterocycles. The van der Waals surface area contributed by atoms with Crippen LogP contribution in [0.4, 0.5) is 0 Å². The number of unbranched alkanes of at least 4 members (excludes halogenated alkanes) is 1. The highest BCUT2D eigenvalue weighted by Crippen LogP contribution is 2.34. The molecule has 0 aromatic carbocycles. The molecule has 0 aromatic rings. The van der Waals surface area contributed by atoms with Crippen LogP contribution >= 0.6 is 24.0 Å². The molecule has 0 bridgehead atoms. The summed E-state index contributed by atoms with van der Waals surface area (Å²) in [6.07, 6.45) is 5.20. The average molecular weight is 396 g/mol. The number of rotatable bonds is 8. The molecule has 120 valence electrons. The van der Waals surface area contributed by atoms with Gasteiger partial charge in [0.2, 0.25) is 0 Å². The van der Waals surface area contributed by atoms with Crippen molar-refractivity contribution in [2.24, 2.45) is 10.9 Å². The number of nitrogens with one attached hydrogen (secondary N) is 1. The minimum Gasteiger partial charge on any atom is -0.357 e. The van der Waals surface area contributed by atoms with Gasteiger partial charge in [-0.2, -0.15) is 0 Å². The molecule has 1 fully saturated rings. The minimum absolute atomic E-state index is 0. The van der Waals surface area contributed by atoms with Gasteiger partial charge in [-0.05, 0) is 46.2 Å². The Labute approximate surface area is 142 Å². The molecule has 5 heteroatoms. The molecule has 0 spiro atoms. The Bertz CT molecular complexity index is 275. The summed E-state index contributed by atoms with van der Waals surface area (Å²) in [5, 5.41) is 3.40. The van der Waals surface area contributed by atoms with E-state index in [2.05, 4.69) is 50.1 Å². The Balaban J connectivity index is 0.00000361. The van der Waals surface area contributed by atoms with E-state index in [0.29, 0.717) is 6.04 Å². The van der Waals surface area contributed by atoms with Crippen LogP contribution < -0.4 is 5.32 Å². The summed E-state index contributed by atoms with van der Waals surface area (Å²) in [6.45, 7) is 7.29. The van der Waals surface area contributed by atoms with Gasteiger partial charge in [-0.1, -0.05) is 13.3 Å². The summed E-state index contributed by atoms with van der Waals surface area (Å²) >= 11 is 0. The van der Waals surface area contributed by atoms with Crippen molar-refractivity contribution >= 4 is 29.9 Å². The molecule has 4 nitrogen and oxygen atoms in total. The van der Waals surface area contributed by atoms with Crippen LogP contribution in [0.3, 0.4) is 0 Å². The van der Waals surface area contributed by atoms with Gasteiger partial charge in [0, 0.05) is 26.2 Å². The predicted octanol–water partition coefficient (Wildman–Crippen LogP) is 2.64. The summed E-state index contributed by atoms with van der Waals surface area (Å²) < 4.78 is 0. The van der Waals surface area contributed by atoms with Gasteiger partial charge < -0.3 is 15.1 Å². The van der Waals surface area contributed by atoms with E-state index in [-0.39, 0.29) is 24.0 Å². The zero-order valence-corrected chi connectivity index (χ0v) is 16.2. The highest BCUT2D eigenvalue weighted by Gasteiger charge is 2.32. The van der Waals surface area contributed by atoms with E-state index < -0.39 is 0 Å². The zero-order valence-electron chi connectivity index (χ0n) is 13.9. The van der Waals surface area contributed by atoms with Crippen molar-refractivity contribution in [3.63, 3.8) is 0 Å². The number of nitrogens with zero attached hydrogens (tertiary/aromatic N) is 3. The molecule has 0 radical (unpaired) electrons. The normalized spacial score (nSPS) is 16.8. The molecule has 1 saturated carbocycles. The number of hydrogen-bond acceptors (Lipinski definition) is 2. The Kier molecular flexibility index (Phi) is 10.6. The highest BCUT2D eigenvalue weighted by atomic mass is 127. The first kappa shape index (κ1) is 20.0. The van der Waals surface area contributed by atoms with Crippen molar-refractivity contribution in [3.05, 3.63) is 0 Å². The van der Waals surface area contributed by atoms with Crippen LogP contribution in [0, 0.1) is 5.92 Å². The molecule has 20 heavy (non-hydrogen) atoms.